The summed E-state index contributed by atoms with van der Waals surface area (Å²) in [6.07, 6.45) is 60.2. The lowest BCUT2D eigenvalue weighted by Gasteiger charge is -2.26. The molecule has 0 aliphatic carbocycles. The van der Waals surface area contributed by atoms with Crippen LogP contribution < -0.4 is 5.11 Å². The van der Waals surface area contributed by atoms with Crippen molar-refractivity contribution in [3.8, 4) is 0 Å². The number of carbonyl (C=O) groups excluding carboxylic acids is 3. The van der Waals surface area contributed by atoms with Crippen molar-refractivity contribution in [1.29, 1.82) is 0 Å². The van der Waals surface area contributed by atoms with Crippen LogP contribution in [0.25, 0.3) is 0 Å². The van der Waals surface area contributed by atoms with E-state index in [1.54, 1.807) is 0 Å². The molecule has 0 rings (SSSR count). The first-order chi connectivity index (χ1) is 35.1. The number of ether oxygens (including phenoxy) is 4. The second-order valence-corrected chi connectivity index (χ2v) is 23.1. The summed E-state index contributed by atoms with van der Waals surface area (Å²) in [4.78, 5) is 37.4. The summed E-state index contributed by atoms with van der Waals surface area (Å²) < 4.78 is 22.8. The zero-order valence-corrected chi connectivity index (χ0v) is 48.8. The fourth-order valence-corrected chi connectivity index (χ4v) is 9.72. The van der Waals surface area contributed by atoms with Crippen molar-refractivity contribution < 1.29 is 42.9 Å². The fourth-order valence-electron chi connectivity index (χ4n) is 9.72. The van der Waals surface area contributed by atoms with Crippen LogP contribution in [-0.4, -0.2) is 82.3 Å². The Morgan fingerprint density at radius 3 is 0.889 bits per heavy atom. The van der Waals surface area contributed by atoms with E-state index in [0.717, 1.165) is 38.5 Å². The quantitative estimate of drug-likeness (QED) is 0.0256. The average Bonchev–Trinajstić information content (AvgIpc) is 3.35. The number of likely N-dealkylation sites (N-methyl/N-ethyl adjacent to an activating group) is 1. The van der Waals surface area contributed by atoms with Crippen LogP contribution in [0.5, 0.6) is 0 Å². The summed E-state index contributed by atoms with van der Waals surface area (Å²) >= 11 is 0. The van der Waals surface area contributed by atoms with E-state index in [0.29, 0.717) is 17.4 Å². The number of carboxylic acid groups (broad SMARTS) is 1. The van der Waals surface area contributed by atoms with Crippen LogP contribution in [0.4, 0.5) is 0 Å². The van der Waals surface area contributed by atoms with E-state index in [4.69, 9.17) is 18.9 Å². The first-order valence-corrected chi connectivity index (χ1v) is 31.7. The molecule has 0 aliphatic heterocycles. The van der Waals surface area contributed by atoms with Gasteiger partial charge in [-0.3, -0.25) is 9.59 Å². The Kier molecular flexibility index (Phi) is 54.2. The minimum Gasteiger partial charge on any atom is -0.545 e. The smallest absolute Gasteiger partial charge is 0.306 e. The van der Waals surface area contributed by atoms with Crippen molar-refractivity contribution in [2.24, 2.45) is 0 Å². The van der Waals surface area contributed by atoms with Crippen molar-refractivity contribution >= 4 is 17.9 Å². The van der Waals surface area contributed by atoms with Crippen LogP contribution in [0.15, 0.2) is 0 Å². The third kappa shape index (κ3) is 56.0. The van der Waals surface area contributed by atoms with Gasteiger partial charge in [0.05, 0.1) is 40.3 Å². The lowest BCUT2D eigenvalue weighted by Crippen LogP contribution is -2.44. The van der Waals surface area contributed by atoms with Crippen LogP contribution in [0, 0.1) is 0 Å². The highest BCUT2D eigenvalue weighted by Crippen LogP contribution is 2.19. The Labute approximate surface area is 447 Å². The normalized spacial score (nSPS) is 12.6. The number of quaternary nitrogens is 1. The van der Waals surface area contributed by atoms with Gasteiger partial charge in [0.1, 0.15) is 13.2 Å². The van der Waals surface area contributed by atoms with Gasteiger partial charge in [-0.25, -0.2) is 0 Å². The molecule has 2 atom stereocenters. The molecule has 0 saturated carbocycles. The first-order valence-electron chi connectivity index (χ1n) is 31.7. The lowest BCUT2D eigenvalue weighted by molar-refractivity contribution is -0.870. The van der Waals surface area contributed by atoms with Gasteiger partial charge in [0.25, 0.3) is 0 Å². The summed E-state index contributed by atoms with van der Waals surface area (Å²) in [5, 5.41) is 11.8. The lowest BCUT2D eigenvalue weighted by atomic mass is 10.0. The van der Waals surface area contributed by atoms with Gasteiger partial charge in [-0.15, -0.1) is 0 Å². The van der Waals surface area contributed by atoms with Gasteiger partial charge < -0.3 is 33.3 Å². The average molecular weight is 1020 g/mol. The molecule has 0 aliphatic rings. The molecule has 0 spiro atoms. The Morgan fingerprint density at radius 1 is 0.361 bits per heavy atom. The summed E-state index contributed by atoms with van der Waals surface area (Å²) in [6.45, 7) is 4.83. The Morgan fingerprint density at radius 2 is 0.625 bits per heavy atom. The van der Waals surface area contributed by atoms with Gasteiger partial charge >= 0.3 is 11.9 Å². The van der Waals surface area contributed by atoms with Crippen LogP contribution in [0.1, 0.15) is 328 Å². The summed E-state index contributed by atoms with van der Waals surface area (Å²) in [5.41, 5.74) is 0. The molecule has 0 amide bonds. The van der Waals surface area contributed by atoms with E-state index in [9.17, 15) is 19.5 Å². The van der Waals surface area contributed by atoms with Gasteiger partial charge in [0, 0.05) is 12.8 Å². The highest BCUT2D eigenvalue weighted by Gasteiger charge is 2.22. The van der Waals surface area contributed by atoms with E-state index in [1.807, 2.05) is 21.1 Å². The van der Waals surface area contributed by atoms with E-state index in [-0.39, 0.29) is 32.2 Å². The molecule has 0 N–H and O–H groups in total. The van der Waals surface area contributed by atoms with E-state index in [1.165, 1.54) is 263 Å². The van der Waals surface area contributed by atoms with E-state index in [2.05, 4.69) is 13.8 Å². The second kappa shape index (κ2) is 55.5. The number of carbonyl (C=O) groups is 3. The minimum absolute atomic E-state index is 0.153. The number of aliphatic carboxylic acids is 1. The predicted molar refractivity (Wildman–Crippen MR) is 302 cm³/mol. The van der Waals surface area contributed by atoms with Gasteiger partial charge in [0.2, 0.25) is 0 Å². The maximum Gasteiger partial charge on any atom is 0.306 e. The molecular formula is C63H123NO8. The van der Waals surface area contributed by atoms with Crippen molar-refractivity contribution in [3.63, 3.8) is 0 Å². The molecule has 2 unspecified atom stereocenters. The highest BCUT2D eigenvalue weighted by atomic mass is 16.7. The number of unbranched alkanes of at least 4 members (excludes halogenated alkanes) is 45. The van der Waals surface area contributed by atoms with Gasteiger partial charge in [-0.2, -0.15) is 0 Å². The van der Waals surface area contributed by atoms with Gasteiger partial charge in [-0.1, -0.05) is 303 Å². The van der Waals surface area contributed by atoms with Gasteiger partial charge in [-0.05, 0) is 12.8 Å². The summed E-state index contributed by atoms with van der Waals surface area (Å²) in [5.74, 6) is -2.25. The number of esters is 2. The molecular weight excluding hydrogens is 899 g/mol. The molecule has 0 radical (unpaired) electrons. The third-order valence-corrected chi connectivity index (χ3v) is 14.6. The zero-order chi connectivity index (χ0) is 52.7. The minimum atomic E-state index is -1.61. The molecule has 9 nitrogen and oxygen atoms in total. The molecule has 0 aromatic rings. The summed E-state index contributed by atoms with van der Waals surface area (Å²) in [6, 6.07) is 0. The third-order valence-electron chi connectivity index (χ3n) is 14.6. The van der Waals surface area contributed by atoms with E-state index >= 15 is 0 Å². The molecule has 72 heavy (non-hydrogen) atoms. The maximum atomic E-state index is 12.9. The monoisotopic (exact) mass is 1020 g/mol. The largest absolute Gasteiger partial charge is 0.545 e. The Bertz CT molecular complexity index is 1140. The maximum absolute atomic E-state index is 12.9. The molecule has 0 bridgehead atoms. The standard InChI is InChI=1S/C63H123NO8/c1-6-8-10-12-14-16-18-20-22-24-26-28-30-31-32-34-36-38-40-42-44-46-48-50-52-54-61(66)72-59(58-71-63(62(67)68)69-56-55-64(3,4)5)57-70-60(65)53-51-49-47-45-43-41-39-37-35-33-29-27-25-23-21-19-17-15-13-11-9-7-2/h59,63H,6-58H2,1-5H3. The van der Waals surface area contributed by atoms with Crippen LogP contribution in [-0.2, 0) is 33.3 Å². The van der Waals surface area contributed by atoms with Crippen molar-refractivity contribution in [2.75, 3.05) is 47.5 Å². The fraction of sp³-hybridized carbons (Fsp3) is 0.952. The highest BCUT2D eigenvalue weighted by molar-refractivity contribution is 5.70. The Balaban J connectivity index is 4.12. The molecule has 0 fully saturated rings. The van der Waals surface area contributed by atoms with Crippen molar-refractivity contribution in [3.05, 3.63) is 0 Å². The number of hydrogen-bond acceptors (Lipinski definition) is 8. The van der Waals surface area contributed by atoms with Crippen LogP contribution in [0.2, 0.25) is 0 Å². The second-order valence-electron chi connectivity index (χ2n) is 23.1. The number of carboxylic acids is 1. The molecule has 0 heterocycles. The predicted octanol–water partition coefficient (Wildman–Crippen LogP) is 17.4. The molecule has 9 heteroatoms. The molecule has 0 aromatic heterocycles. The Hall–Kier alpha value is -1.71. The topological polar surface area (TPSA) is 111 Å². The summed E-state index contributed by atoms with van der Waals surface area (Å²) in [7, 11) is 5.94. The van der Waals surface area contributed by atoms with Gasteiger partial charge in [0.15, 0.2) is 12.4 Å². The van der Waals surface area contributed by atoms with Crippen LogP contribution in [0.3, 0.4) is 0 Å². The van der Waals surface area contributed by atoms with Crippen molar-refractivity contribution in [2.45, 2.75) is 341 Å². The van der Waals surface area contributed by atoms with Crippen LogP contribution >= 0.6 is 0 Å². The molecule has 428 valence electrons. The number of hydrogen-bond donors (Lipinski definition) is 0. The molecule has 0 saturated heterocycles. The van der Waals surface area contributed by atoms with Crippen molar-refractivity contribution in [1.82, 2.24) is 0 Å². The number of rotatable bonds is 60. The SMILES string of the molecule is CCCCCCCCCCCCCCCCCCCCCCCCCCCC(=O)OC(COC(=O)CCCCCCCCCCCCCCCCCCCCCCCC)COC(OCC[N+](C)(C)C)C(=O)[O-]. The first kappa shape index (κ1) is 70.3. The molecule has 0 aromatic carbocycles. The zero-order valence-electron chi connectivity index (χ0n) is 48.8. The van der Waals surface area contributed by atoms with E-state index < -0.39 is 24.3 Å². The number of nitrogens with zero attached hydrogens (tertiary/aromatic N) is 1.